The number of thiophene rings is 1. The fourth-order valence-electron chi connectivity index (χ4n) is 1.88. The van der Waals surface area contributed by atoms with Gasteiger partial charge in [0.2, 0.25) is 0 Å². The van der Waals surface area contributed by atoms with Crippen LogP contribution in [0.1, 0.15) is 36.1 Å². The lowest BCUT2D eigenvalue weighted by molar-refractivity contribution is 0.225. The van der Waals surface area contributed by atoms with Crippen LogP contribution in [0.5, 0.6) is 0 Å². The molecule has 3 heteroatoms. The highest BCUT2D eigenvalue weighted by Crippen LogP contribution is 2.23. The van der Waals surface area contributed by atoms with Crippen LogP contribution in [0.25, 0.3) is 0 Å². The topological polar surface area (TPSA) is 15.3 Å². The molecule has 0 fully saturated rings. The highest BCUT2D eigenvalue weighted by molar-refractivity contribution is 7.12. The molecule has 0 saturated heterocycles. The summed E-state index contributed by atoms with van der Waals surface area (Å²) in [4.78, 5) is 5.40. The predicted molar refractivity (Wildman–Crippen MR) is 73.0 cm³/mol. The summed E-state index contributed by atoms with van der Waals surface area (Å²) in [5, 5.41) is 3.21. The van der Waals surface area contributed by atoms with Gasteiger partial charge in [0.15, 0.2) is 0 Å². The number of hydrogen-bond donors (Lipinski definition) is 1. The minimum absolute atomic E-state index is 0.622. The predicted octanol–water partition coefficient (Wildman–Crippen LogP) is 3.01. The molecule has 1 heterocycles. The SMILES string of the molecule is CCN(Cc1cc(CNC)sc1C)C(C)C. The van der Waals surface area contributed by atoms with Crippen LogP contribution in [0, 0.1) is 6.92 Å². The third-order valence-corrected chi connectivity index (χ3v) is 4.03. The standard InChI is InChI=1S/C13H24N2S/c1-6-15(10(2)3)9-12-7-13(8-14-5)16-11(12)4/h7,10,14H,6,8-9H2,1-5H3. The zero-order valence-electron chi connectivity index (χ0n) is 11.1. The van der Waals surface area contributed by atoms with Crippen LogP contribution in [0.3, 0.4) is 0 Å². The van der Waals surface area contributed by atoms with Crippen molar-refractivity contribution in [2.45, 2.75) is 46.8 Å². The minimum atomic E-state index is 0.622. The third kappa shape index (κ3) is 3.58. The second-order valence-electron chi connectivity index (χ2n) is 4.48. The first-order valence-corrected chi connectivity index (χ1v) is 6.87. The van der Waals surface area contributed by atoms with Gasteiger partial charge in [-0.3, -0.25) is 4.90 Å². The van der Waals surface area contributed by atoms with Crippen LogP contribution in [0.2, 0.25) is 0 Å². The monoisotopic (exact) mass is 240 g/mol. The van der Waals surface area contributed by atoms with Crippen molar-refractivity contribution in [3.05, 3.63) is 21.4 Å². The van der Waals surface area contributed by atoms with E-state index in [2.05, 4.69) is 44.0 Å². The van der Waals surface area contributed by atoms with Crippen LogP contribution < -0.4 is 5.32 Å². The molecular formula is C13H24N2S. The first-order chi connectivity index (χ1) is 7.58. The maximum atomic E-state index is 3.21. The van der Waals surface area contributed by atoms with E-state index in [4.69, 9.17) is 0 Å². The van der Waals surface area contributed by atoms with E-state index in [1.165, 1.54) is 15.3 Å². The van der Waals surface area contributed by atoms with E-state index in [1.54, 1.807) is 0 Å². The summed E-state index contributed by atoms with van der Waals surface area (Å²) in [6.45, 7) is 12.2. The molecule has 0 spiro atoms. The largest absolute Gasteiger partial charge is 0.315 e. The number of nitrogens with one attached hydrogen (secondary N) is 1. The Hall–Kier alpha value is -0.380. The molecule has 0 radical (unpaired) electrons. The molecule has 0 aliphatic carbocycles. The first kappa shape index (κ1) is 13.7. The summed E-state index contributed by atoms with van der Waals surface area (Å²) in [5.41, 5.74) is 1.49. The van der Waals surface area contributed by atoms with Crippen LogP contribution >= 0.6 is 11.3 Å². The lowest BCUT2D eigenvalue weighted by Crippen LogP contribution is -2.29. The van der Waals surface area contributed by atoms with Crippen LogP contribution in [0.15, 0.2) is 6.07 Å². The molecule has 0 bridgehead atoms. The van der Waals surface area contributed by atoms with E-state index in [-0.39, 0.29) is 0 Å². The molecule has 16 heavy (non-hydrogen) atoms. The second kappa shape index (κ2) is 6.38. The summed E-state index contributed by atoms with van der Waals surface area (Å²) in [7, 11) is 2.00. The Morgan fingerprint density at radius 2 is 2.12 bits per heavy atom. The van der Waals surface area contributed by atoms with Crippen LogP contribution in [-0.2, 0) is 13.1 Å². The summed E-state index contributed by atoms with van der Waals surface area (Å²) < 4.78 is 0. The van der Waals surface area contributed by atoms with E-state index in [9.17, 15) is 0 Å². The number of rotatable bonds is 6. The number of hydrogen-bond acceptors (Lipinski definition) is 3. The van der Waals surface area contributed by atoms with Gasteiger partial charge in [-0.15, -0.1) is 11.3 Å². The third-order valence-electron chi connectivity index (χ3n) is 2.93. The van der Waals surface area contributed by atoms with Gasteiger partial charge in [-0.2, -0.15) is 0 Å². The smallest absolute Gasteiger partial charge is 0.0296 e. The van der Waals surface area contributed by atoms with Gasteiger partial charge in [-0.25, -0.2) is 0 Å². The fourth-order valence-corrected chi connectivity index (χ4v) is 2.95. The van der Waals surface area contributed by atoms with Gasteiger partial charge in [0.25, 0.3) is 0 Å². The van der Waals surface area contributed by atoms with Crippen molar-refractivity contribution in [3.63, 3.8) is 0 Å². The molecule has 0 aromatic carbocycles. The van der Waals surface area contributed by atoms with Gasteiger partial charge < -0.3 is 5.32 Å². The van der Waals surface area contributed by atoms with E-state index < -0.39 is 0 Å². The minimum Gasteiger partial charge on any atom is -0.315 e. The molecular weight excluding hydrogens is 216 g/mol. The van der Waals surface area contributed by atoms with Gasteiger partial charge in [-0.1, -0.05) is 6.92 Å². The molecule has 0 aliphatic heterocycles. The number of aryl methyl sites for hydroxylation is 1. The molecule has 92 valence electrons. The van der Waals surface area contributed by atoms with Crippen molar-refractivity contribution >= 4 is 11.3 Å². The lowest BCUT2D eigenvalue weighted by atomic mass is 10.2. The van der Waals surface area contributed by atoms with Crippen molar-refractivity contribution < 1.29 is 0 Å². The van der Waals surface area contributed by atoms with E-state index in [0.717, 1.165) is 19.6 Å². The molecule has 0 unspecified atom stereocenters. The van der Waals surface area contributed by atoms with Gasteiger partial charge in [0, 0.05) is 28.9 Å². The van der Waals surface area contributed by atoms with Gasteiger partial charge >= 0.3 is 0 Å². The van der Waals surface area contributed by atoms with Crippen molar-refractivity contribution in [2.24, 2.45) is 0 Å². The quantitative estimate of drug-likeness (QED) is 0.822. The van der Waals surface area contributed by atoms with Crippen LogP contribution in [-0.4, -0.2) is 24.5 Å². The molecule has 0 atom stereocenters. The molecule has 1 rings (SSSR count). The van der Waals surface area contributed by atoms with Gasteiger partial charge in [0.1, 0.15) is 0 Å². The summed E-state index contributed by atoms with van der Waals surface area (Å²) >= 11 is 1.91. The van der Waals surface area contributed by atoms with E-state index in [0.29, 0.717) is 6.04 Å². The molecule has 0 saturated carbocycles. The average molecular weight is 240 g/mol. The second-order valence-corrected chi connectivity index (χ2v) is 5.82. The first-order valence-electron chi connectivity index (χ1n) is 6.05. The zero-order chi connectivity index (χ0) is 12.1. The highest BCUT2D eigenvalue weighted by atomic mass is 32.1. The maximum Gasteiger partial charge on any atom is 0.0296 e. The Balaban J connectivity index is 2.72. The average Bonchev–Trinajstić information content (AvgIpc) is 2.55. The Labute approximate surface area is 104 Å². The fraction of sp³-hybridized carbons (Fsp3) is 0.692. The normalized spacial score (nSPS) is 11.7. The zero-order valence-corrected chi connectivity index (χ0v) is 11.9. The summed E-state index contributed by atoms with van der Waals surface area (Å²) in [6.07, 6.45) is 0. The molecule has 1 N–H and O–H groups in total. The summed E-state index contributed by atoms with van der Waals surface area (Å²) in [5.74, 6) is 0. The Morgan fingerprint density at radius 1 is 1.44 bits per heavy atom. The molecule has 2 nitrogen and oxygen atoms in total. The van der Waals surface area contributed by atoms with Gasteiger partial charge in [-0.05, 0) is 46.0 Å². The molecule has 1 aromatic rings. The van der Waals surface area contributed by atoms with Gasteiger partial charge in [0.05, 0.1) is 0 Å². The van der Waals surface area contributed by atoms with Crippen molar-refractivity contribution in [1.82, 2.24) is 10.2 Å². The molecule has 1 aromatic heterocycles. The van der Waals surface area contributed by atoms with Crippen LogP contribution in [0.4, 0.5) is 0 Å². The highest BCUT2D eigenvalue weighted by Gasteiger charge is 2.11. The van der Waals surface area contributed by atoms with E-state index >= 15 is 0 Å². The Kier molecular flexibility index (Phi) is 5.46. The molecule has 0 amide bonds. The maximum absolute atomic E-state index is 3.21. The van der Waals surface area contributed by atoms with Crippen molar-refractivity contribution in [2.75, 3.05) is 13.6 Å². The Morgan fingerprint density at radius 3 is 2.62 bits per heavy atom. The van der Waals surface area contributed by atoms with E-state index in [1.807, 2.05) is 18.4 Å². The van der Waals surface area contributed by atoms with Crippen molar-refractivity contribution in [1.29, 1.82) is 0 Å². The molecule has 0 aliphatic rings. The number of nitrogens with zero attached hydrogens (tertiary/aromatic N) is 1. The van der Waals surface area contributed by atoms with Crippen molar-refractivity contribution in [3.8, 4) is 0 Å². The summed E-state index contributed by atoms with van der Waals surface area (Å²) in [6, 6.07) is 2.97. The Bertz CT molecular complexity index is 318. The lowest BCUT2D eigenvalue weighted by Gasteiger charge is -2.24.